The first-order chi connectivity index (χ1) is 12.3. The number of nitrogens with zero attached hydrogens (tertiary/aromatic N) is 6. The minimum atomic E-state index is 0.565. The quantitative estimate of drug-likeness (QED) is 0.678. The summed E-state index contributed by atoms with van der Waals surface area (Å²) in [4.78, 5) is 5.00. The molecule has 0 radical (unpaired) electrons. The highest BCUT2D eigenvalue weighted by Gasteiger charge is 2.26. The smallest absolute Gasteiger partial charge is 0.170 e. The van der Waals surface area contributed by atoms with Crippen molar-refractivity contribution in [2.45, 2.75) is 32.9 Å². The van der Waals surface area contributed by atoms with Crippen LogP contribution < -0.4 is 0 Å². The summed E-state index contributed by atoms with van der Waals surface area (Å²) < 4.78 is 7.36. The van der Waals surface area contributed by atoms with Crippen LogP contribution in [0.25, 0.3) is 5.69 Å². The van der Waals surface area contributed by atoms with E-state index in [9.17, 15) is 0 Å². The Morgan fingerprint density at radius 2 is 2.00 bits per heavy atom. The number of rotatable bonds is 8. The molecule has 0 aliphatic carbocycles. The molecule has 0 saturated carbocycles. The Morgan fingerprint density at radius 1 is 1.16 bits per heavy atom. The predicted octanol–water partition coefficient (Wildman–Crippen LogP) is 1.59. The van der Waals surface area contributed by atoms with Crippen molar-refractivity contribution in [3.8, 4) is 5.69 Å². The molecule has 7 nitrogen and oxygen atoms in total. The fourth-order valence-corrected chi connectivity index (χ4v) is 3.38. The van der Waals surface area contributed by atoms with Gasteiger partial charge in [0.1, 0.15) is 0 Å². The molecule has 1 aliphatic rings. The lowest BCUT2D eigenvalue weighted by Crippen LogP contribution is -2.53. The van der Waals surface area contributed by atoms with Crippen LogP contribution in [0, 0.1) is 0 Å². The first kappa shape index (κ1) is 18.0. The molecule has 3 rings (SSSR count). The van der Waals surface area contributed by atoms with Crippen LogP contribution in [0.4, 0.5) is 0 Å². The lowest BCUT2D eigenvalue weighted by atomic mass is 10.1. The van der Waals surface area contributed by atoms with Crippen LogP contribution >= 0.6 is 0 Å². The van der Waals surface area contributed by atoms with Gasteiger partial charge in [0.2, 0.25) is 0 Å². The predicted molar refractivity (Wildman–Crippen MR) is 96.6 cm³/mol. The van der Waals surface area contributed by atoms with Crippen LogP contribution in [0.2, 0.25) is 0 Å². The second-order valence-electron chi connectivity index (χ2n) is 6.37. The van der Waals surface area contributed by atoms with Crippen molar-refractivity contribution in [3.05, 3.63) is 36.2 Å². The van der Waals surface area contributed by atoms with Gasteiger partial charge in [-0.3, -0.25) is 9.80 Å². The summed E-state index contributed by atoms with van der Waals surface area (Å²) in [6.45, 7) is 10.9. The van der Waals surface area contributed by atoms with Crippen LogP contribution in [0.15, 0.2) is 30.3 Å². The normalized spacial score (nSPS) is 19.4. The third-order valence-electron chi connectivity index (χ3n) is 4.79. The molecule has 7 heteroatoms. The van der Waals surface area contributed by atoms with Crippen LogP contribution in [-0.4, -0.2) is 75.4 Å². The zero-order chi connectivity index (χ0) is 17.5. The molecule has 1 saturated heterocycles. The van der Waals surface area contributed by atoms with Gasteiger partial charge in [0.15, 0.2) is 5.82 Å². The van der Waals surface area contributed by atoms with Gasteiger partial charge in [0.05, 0.1) is 18.8 Å². The maximum absolute atomic E-state index is 5.52. The zero-order valence-electron chi connectivity index (χ0n) is 15.2. The maximum atomic E-state index is 5.52. The Bertz CT molecular complexity index is 632. The maximum Gasteiger partial charge on any atom is 0.170 e. The minimum absolute atomic E-state index is 0.565. The van der Waals surface area contributed by atoms with Crippen LogP contribution in [0.1, 0.15) is 26.1 Å². The molecule has 0 unspecified atom stereocenters. The van der Waals surface area contributed by atoms with Gasteiger partial charge in [0.25, 0.3) is 0 Å². The number of ether oxygens (including phenoxy) is 1. The van der Waals surface area contributed by atoms with E-state index in [2.05, 4.69) is 32.2 Å². The summed E-state index contributed by atoms with van der Waals surface area (Å²) in [7, 11) is 0. The molecule has 25 heavy (non-hydrogen) atoms. The van der Waals surface area contributed by atoms with Gasteiger partial charge in [-0.05, 0) is 35.9 Å². The topological polar surface area (TPSA) is 59.3 Å². The van der Waals surface area contributed by atoms with Gasteiger partial charge in [0, 0.05) is 38.8 Å². The van der Waals surface area contributed by atoms with E-state index in [0.717, 1.165) is 63.9 Å². The highest BCUT2D eigenvalue weighted by Crippen LogP contribution is 2.16. The number of tetrazole rings is 1. The second-order valence-corrected chi connectivity index (χ2v) is 6.37. The summed E-state index contributed by atoms with van der Waals surface area (Å²) in [5, 5.41) is 12.3. The summed E-state index contributed by atoms with van der Waals surface area (Å²) in [6, 6.07) is 10.6. The molecule has 1 aromatic carbocycles. The fraction of sp³-hybridized carbons (Fsp3) is 0.611. The molecule has 2 aromatic rings. The third kappa shape index (κ3) is 4.62. The van der Waals surface area contributed by atoms with Gasteiger partial charge in [-0.2, -0.15) is 4.68 Å². The number of piperazine rings is 1. The molecule has 1 fully saturated rings. The minimum Gasteiger partial charge on any atom is -0.380 e. The summed E-state index contributed by atoms with van der Waals surface area (Å²) in [5.74, 6) is 0.892. The van der Waals surface area contributed by atoms with Crippen molar-refractivity contribution in [2.24, 2.45) is 0 Å². The second kappa shape index (κ2) is 9.03. The third-order valence-corrected chi connectivity index (χ3v) is 4.79. The van der Waals surface area contributed by atoms with E-state index >= 15 is 0 Å². The van der Waals surface area contributed by atoms with Gasteiger partial charge >= 0.3 is 0 Å². The van der Waals surface area contributed by atoms with E-state index in [1.54, 1.807) is 0 Å². The Balaban J connectivity index is 1.61. The fourth-order valence-electron chi connectivity index (χ4n) is 3.38. The number of para-hydroxylation sites is 1. The van der Waals surface area contributed by atoms with Crippen LogP contribution in [0.5, 0.6) is 0 Å². The SMILES string of the molecule is CCOCCN1CCN(Cc2nnnn2-c2ccccc2)C[C@H]1CC. The highest BCUT2D eigenvalue weighted by atomic mass is 16.5. The molecule has 2 heterocycles. The summed E-state index contributed by atoms with van der Waals surface area (Å²) in [6.07, 6.45) is 1.15. The number of hydrogen-bond acceptors (Lipinski definition) is 6. The molecule has 1 aromatic heterocycles. The molecule has 0 bridgehead atoms. The standard InChI is InChI=1S/C18H28N6O/c1-3-16-14-22(10-11-23(16)12-13-25-4-2)15-18-19-20-21-24(18)17-8-6-5-7-9-17/h5-9,16H,3-4,10-15H2,1-2H3/t16-/m1/s1. The molecule has 0 spiro atoms. The van der Waals surface area contributed by atoms with Crippen molar-refractivity contribution in [2.75, 3.05) is 39.4 Å². The van der Waals surface area contributed by atoms with Gasteiger partial charge in [-0.25, -0.2) is 0 Å². The van der Waals surface area contributed by atoms with Crippen LogP contribution in [0.3, 0.4) is 0 Å². The summed E-state index contributed by atoms with van der Waals surface area (Å²) >= 11 is 0. The monoisotopic (exact) mass is 344 g/mol. The van der Waals surface area contributed by atoms with E-state index in [-0.39, 0.29) is 0 Å². The van der Waals surface area contributed by atoms with E-state index in [4.69, 9.17) is 4.74 Å². The Hall–Kier alpha value is -1.83. The Kier molecular flexibility index (Phi) is 6.49. The van der Waals surface area contributed by atoms with Crippen molar-refractivity contribution in [1.29, 1.82) is 0 Å². The number of benzene rings is 1. The largest absolute Gasteiger partial charge is 0.380 e. The molecule has 0 N–H and O–H groups in total. The summed E-state index contributed by atoms with van der Waals surface area (Å²) in [5.41, 5.74) is 1.00. The Morgan fingerprint density at radius 3 is 2.76 bits per heavy atom. The average molecular weight is 344 g/mol. The molecular weight excluding hydrogens is 316 g/mol. The molecule has 136 valence electrons. The molecular formula is C18H28N6O. The van der Waals surface area contributed by atoms with Crippen molar-refractivity contribution in [3.63, 3.8) is 0 Å². The van der Waals surface area contributed by atoms with Crippen molar-refractivity contribution in [1.82, 2.24) is 30.0 Å². The zero-order valence-corrected chi connectivity index (χ0v) is 15.2. The molecule has 1 atom stereocenters. The number of aromatic nitrogens is 4. The van der Waals surface area contributed by atoms with Crippen molar-refractivity contribution < 1.29 is 4.74 Å². The van der Waals surface area contributed by atoms with E-state index in [1.165, 1.54) is 0 Å². The van der Waals surface area contributed by atoms with E-state index in [0.29, 0.717) is 6.04 Å². The van der Waals surface area contributed by atoms with Gasteiger partial charge in [-0.1, -0.05) is 25.1 Å². The molecule has 1 aliphatic heterocycles. The van der Waals surface area contributed by atoms with Crippen molar-refractivity contribution >= 4 is 0 Å². The first-order valence-corrected chi connectivity index (χ1v) is 9.18. The molecule has 0 amide bonds. The van der Waals surface area contributed by atoms with E-state index in [1.807, 2.05) is 41.9 Å². The lowest BCUT2D eigenvalue weighted by molar-refractivity contribution is 0.0374. The average Bonchev–Trinajstić information content (AvgIpc) is 3.11. The lowest BCUT2D eigenvalue weighted by Gasteiger charge is -2.40. The van der Waals surface area contributed by atoms with Gasteiger partial charge in [-0.15, -0.1) is 5.10 Å². The first-order valence-electron chi connectivity index (χ1n) is 9.18. The van der Waals surface area contributed by atoms with Gasteiger partial charge < -0.3 is 4.74 Å². The van der Waals surface area contributed by atoms with Crippen LogP contribution in [-0.2, 0) is 11.3 Å². The number of hydrogen-bond donors (Lipinski definition) is 0. The Labute approximate surface area is 149 Å². The van der Waals surface area contributed by atoms with E-state index < -0.39 is 0 Å². The highest BCUT2D eigenvalue weighted by molar-refractivity contribution is 5.30.